The molecule has 2 heterocycles. The standard InChI is InChI=1S/C13H15N3O2/c14-4-1-2-10-6-11(8-15-7-10)13(17)16-12-3-5-18-9-12/h6-8,12H,3-5,9,14H2,(H,16,17). The molecule has 1 aromatic rings. The van der Waals surface area contributed by atoms with Gasteiger partial charge < -0.3 is 15.8 Å². The average Bonchev–Trinajstić information content (AvgIpc) is 2.89. The Balaban J connectivity index is 2.05. The molecule has 0 radical (unpaired) electrons. The van der Waals surface area contributed by atoms with E-state index in [1.807, 2.05) is 0 Å². The van der Waals surface area contributed by atoms with E-state index in [1.165, 1.54) is 6.20 Å². The quantitative estimate of drug-likeness (QED) is 0.714. The summed E-state index contributed by atoms with van der Waals surface area (Å²) in [5.41, 5.74) is 6.49. The highest BCUT2D eigenvalue weighted by Crippen LogP contribution is 2.06. The molecule has 0 saturated carbocycles. The molecule has 0 spiro atoms. The first-order valence-electron chi connectivity index (χ1n) is 5.82. The van der Waals surface area contributed by atoms with Gasteiger partial charge in [-0.15, -0.1) is 0 Å². The summed E-state index contributed by atoms with van der Waals surface area (Å²) in [7, 11) is 0. The van der Waals surface area contributed by atoms with Gasteiger partial charge in [-0.25, -0.2) is 0 Å². The number of aromatic nitrogens is 1. The Labute approximate surface area is 106 Å². The summed E-state index contributed by atoms with van der Waals surface area (Å²) in [6, 6.07) is 1.80. The maximum Gasteiger partial charge on any atom is 0.253 e. The Morgan fingerprint density at radius 2 is 2.50 bits per heavy atom. The van der Waals surface area contributed by atoms with Crippen molar-refractivity contribution in [3.05, 3.63) is 29.6 Å². The lowest BCUT2D eigenvalue weighted by atomic mass is 10.2. The van der Waals surface area contributed by atoms with Crippen LogP contribution in [0.15, 0.2) is 18.5 Å². The third-order valence-corrected chi connectivity index (χ3v) is 2.60. The van der Waals surface area contributed by atoms with Gasteiger partial charge in [0.1, 0.15) is 0 Å². The van der Waals surface area contributed by atoms with Crippen LogP contribution in [0.4, 0.5) is 0 Å². The number of carbonyl (C=O) groups excluding carboxylic acids is 1. The van der Waals surface area contributed by atoms with Crippen LogP contribution in [0.5, 0.6) is 0 Å². The number of nitrogens with zero attached hydrogens (tertiary/aromatic N) is 1. The highest BCUT2D eigenvalue weighted by atomic mass is 16.5. The first kappa shape index (κ1) is 12.6. The highest BCUT2D eigenvalue weighted by molar-refractivity contribution is 5.94. The van der Waals surface area contributed by atoms with Crippen molar-refractivity contribution in [1.29, 1.82) is 0 Å². The van der Waals surface area contributed by atoms with Gasteiger partial charge in [0, 0.05) is 24.6 Å². The predicted molar refractivity (Wildman–Crippen MR) is 66.9 cm³/mol. The summed E-state index contributed by atoms with van der Waals surface area (Å²) in [5, 5.41) is 2.90. The zero-order valence-electron chi connectivity index (χ0n) is 9.98. The first-order chi connectivity index (χ1) is 8.79. The molecule has 5 heteroatoms. The smallest absolute Gasteiger partial charge is 0.253 e. The lowest BCUT2D eigenvalue weighted by Crippen LogP contribution is -2.35. The van der Waals surface area contributed by atoms with Gasteiger partial charge in [0.05, 0.1) is 24.8 Å². The van der Waals surface area contributed by atoms with Gasteiger partial charge >= 0.3 is 0 Å². The van der Waals surface area contributed by atoms with Crippen molar-refractivity contribution in [2.75, 3.05) is 19.8 Å². The van der Waals surface area contributed by atoms with Crippen LogP contribution in [0, 0.1) is 11.8 Å². The Morgan fingerprint density at radius 1 is 1.61 bits per heavy atom. The monoisotopic (exact) mass is 245 g/mol. The molecule has 94 valence electrons. The second-order valence-electron chi connectivity index (χ2n) is 4.00. The topological polar surface area (TPSA) is 77.2 Å². The van der Waals surface area contributed by atoms with Gasteiger partial charge in [-0.2, -0.15) is 0 Å². The molecule has 1 saturated heterocycles. The SMILES string of the molecule is NCC#Cc1cncc(C(=O)NC2CCOC2)c1. The molecule has 5 nitrogen and oxygen atoms in total. The van der Waals surface area contributed by atoms with Crippen LogP contribution < -0.4 is 11.1 Å². The molecular weight excluding hydrogens is 230 g/mol. The van der Waals surface area contributed by atoms with E-state index in [4.69, 9.17) is 10.5 Å². The largest absolute Gasteiger partial charge is 0.379 e. The maximum absolute atomic E-state index is 11.9. The summed E-state index contributed by atoms with van der Waals surface area (Å²) in [4.78, 5) is 15.9. The molecule has 0 bridgehead atoms. The lowest BCUT2D eigenvalue weighted by Gasteiger charge is -2.10. The molecule has 0 aliphatic carbocycles. The normalized spacial score (nSPS) is 17.9. The van der Waals surface area contributed by atoms with Crippen molar-refractivity contribution in [2.45, 2.75) is 12.5 Å². The van der Waals surface area contributed by atoms with E-state index in [-0.39, 0.29) is 18.5 Å². The Hall–Kier alpha value is -1.90. The van der Waals surface area contributed by atoms with Crippen LogP contribution in [0.2, 0.25) is 0 Å². The van der Waals surface area contributed by atoms with Crippen LogP contribution >= 0.6 is 0 Å². The van der Waals surface area contributed by atoms with Crippen molar-refractivity contribution in [3.8, 4) is 11.8 Å². The summed E-state index contributed by atoms with van der Waals surface area (Å²) < 4.78 is 5.20. The lowest BCUT2D eigenvalue weighted by molar-refractivity contribution is 0.0929. The molecule has 1 fully saturated rings. The molecule has 2 rings (SSSR count). The van der Waals surface area contributed by atoms with Crippen molar-refractivity contribution >= 4 is 5.91 Å². The van der Waals surface area contributed by atoms with Gasteiger partial charge in [-0.3, -0.25) is 9.78 Å². The maximum atomic E-state index is 11.9. The van der Waals surface area contributed by atoms with Gasteiger partial charge in [0.15, 0.2) is 0 Å². The number of nitrogens with one attached hydrogen (secondary N) is 1. The molecule has 3 N–H and O–H groups in total. The number of rotatable bonds is 2. The Morgan fingerprint density at radius 3 is 3.22 bits per heavy atom. The van der Waals surface area contributed by atoms with Gasteiger partial charge in [-0.1, -0.05) is 11.8 Å². The third kappa shape index (κ3) is 3.29. The molecule has 0 aromatic carbocycles. The number of amides is 1. The number of hydrogen-bond donors (Lipinski definition) is 2. The van der Waals surface area contributed by atoms with Crippen molar-refractivity contribution in [3.63, 3.8) is 0 Å². The number of carbonyl (C=O) groups is 1. The molecule has 1 atom stereocenters. The van der Waals surface area contributed by atoms with Crippen LogP contribution in [0.25, 0.3) is 0 Å². The fourth-order valence-corrected chi connectivity index (χ4v) is 1.70. The molecule has 1 aromatic heterocycles. The van der Waals surface area contributed by atoms with Crippen LogP contribution in [0.3, 0.4) is 0 Å². The van der Waals surface area contributed by atoms with Crippen molar-refractivity contribution in [2.24, 2.45) is 5.73 Å². The minimum absolute atomic E-state index is 0.0938. The Bertz CT molecular complexity index is 484. The molecule has 18 heavy (non-hydrogen) atoms. The van der Waals surface area contributed by atoms with E-state index in [2.05, 4.69) is 22.1 Å². The summed E-state index contributed by atoms with van der Waals surface area (Å²) in [6.07, 6.45) is 3.99. The van der Waals surface area contributed by atoms with E-state index >= 15 is 0 Å². The Kier molecular flexibility index (Phi) is 4.29. The zero-order valence-corrected chi connectivity index (χ0v) is 9.98. The molecule has 1 aliphatic rings. The minimum Gasteiger partial charge on any atom is -0.379 e. The number of ether oxygens (including phenoxy) is 1. The number of pyridine rings is 1. The van der Waals surface area contributed by atoms with Gasteiger partial charge in [0.25, 0.3) is 5.91 Å². The van der Waals surface area contributed by atoms with E-state index in [0.717, 1.165) is 6.42 Å². The zero-order chi connectivity index (χ0) is 12.8. The van der Waals surface area contributed by atoms with Crippen LogP contribution in [0.1, 0.15) is 22.3 Å². The molecule has 1 amide bonds. The fraction of sp³-hybridized carbons (Fsp3) is 0.385. The first-order valence-corrected chi connectivity index (χ1v) is 5.82. The van der Waals surface area contributed by atoms with Crippen molar-refractivity contribution < 1.29 is 9.53 Å². The van der Waals surface area contributed by atoms with Crippen LogP contribution in [-0.4, -0.2) is 36.7 Å². The van der Waals surface area contributed by atoms with E-state index in [0.29, 0.717) is 24.3 Å². The highest BCUT2D eigenvalue weighted by Gasteiger charge is 2.18. The third-order valence-electron chi connectivity index (χ3n) is 2.60. The van der Waals surface area contributed by atoms with Gasteiger partial charge in [-0.05, 0) is 12.5 Å². The van der Waals surface area contributed by atoms with Gasteiger partial charge in [0.2, 0.25) is 0 Å². The van der Waals surface area contributed by atoms with Crippen molar-refractivity contribution in [1.82, 2.24) is 10.3 Å². The number of hydrogen-bond acceptors (Lipinski definition) is 4. The molecular formula is C13H15N3O2. The summed E-state index contributed by atoms with van der Waals surface area (Å²) >= 11 is 0. The molecule has 1 aliphatic heterocycles. The van der Waals surface area contributed by atoms with E-state index in [1.54, 1.807) is 12.3 Å². The average molecular weight is 245 g/mol. The predicted octanol–water partition coefficient (Wildman–Crippen LogP) is -0.0895. The fourth-order valence-electron chi connectivity index (χ4n) is 1.70. The minimum atomic E-state index is -0.144. The van der Waals surface area contributed by atoms with E-state index in [9.17, 15) is 4.79 Å². The molecule has 1 unspecified atom stereocenters. The number of nitrogens with two attached hydrogens (primary N) is 1. The summed E-state index contributed by atoms with van der Waals surface area (Å²) in [5.74, 6) is 5.44. The second kappa shape index (κ2) is 6.15. The van der Waals surface area contributed by atoms with E-state index < -0.39 is 0 Å². The van der Waals surface area contributed by atoms with Crippen LogP contribution in [-0.2, 0) is 4.74 Å². The summed E-state index contributed by atoms with van der Waals surface area (Å²) in [6.45, 7) is 1.56. The second-order valence-corrected chi connectivity index (χ2v) is 4.00.